The molecule has 0 saturated carbocycles. The molecule has 0 aliphatic carbocycles. The van der Waals surface area contributed by atoms with E-state index in [1.807, 2.05) is 13.8 Å². The van der Waals surface area contributed by atoms with Crippen LogP contribution in [0.15, 0.2) is 24.0 Å². The van der Waals surface area contributed by atoms with E-state index in [0.29, 0.717) is 17.1 Å². The van der Waals surface area contributed by atoms with Crippen molar-refractivity contribution in [2.45, 2.75) is 20.0 Å². The normalized spacial score (nSPS) is 11.5. The SMILES string of the molecule is COc1cccc(C=C(F)C(=O)O)c1OC(C)C. The molecule has 1 rings (SSSR count). The van der Waals surface area contributed by atoms with Crippen LogP contribution in [0.5, 0.6) is 11.5 Å². The van der Waals surface area contributed by atoms with E-state index in [-0.39, 0.29) is 6.10 Å². The molecule has 0 fully saturated rings. The second-order valence-electron chi connectivity index (χ2n) is 3.84. The van der Waals surface area contributed by atoms with Crippen LogP contribution in [0, 0.1) is 0 Å². The Hall–Kier alpha value is -2.04. The van der Waals surface area contributed by atoms with E-state index in [9.17, 15) is 9.18 Å². The van der Waals surface area contributed by atoms with Crippen LogP contribution in [0.4, 0.5) is 4.39 Å². The van der Waals surface area contributed by atoms with Gasteiger partial charge in [0.25, 0.3) is 0 Å². The van der Waals surface area contributed by atoms with Crippen molar-refractivity contribution in [3.05, 3.63) is 29.6 Å². The van der Waals surface area contributed by atoms with Crippen LogP contribution in [-0.4, -0.2) is 24.3 Å². The third-order valence-corrected chi connectivity index (χ3v) is 2.07. The molecule has 0 spiro atoms. The van der Waals surface area contributed by atoms with Crippen LogP contribution in [-0.2, 0) is 4.79 Å². The molecule has 0 amide bonds. The Morgan fingerprint density at radius 1 is 1.44 bits per heavy atom. The highest BCUT2D eigenvalue weighted by molar-refractivity contribution is 5.90. The zero-order valence-corrected chi connectivity index (χ0v) is 10.4. The lowest BCUT2D eigenvalue weighted by atomic mass is 10.1. The lowest BCUT2D eigenvalue weighted by molar-refractivity contribution is -0.134. The van der Waals surface area contributed by atoms with Gasteiger partial charge in [-0.1, -0.05) is 12.1 Å². The average Bonchev–Trinajstić information content (AvgIpc) is 2.30. The molecule has 0 atom stereocenters. The molecular weight excluding hydrogens is 239 g/mol. The van der Waals surface area contributed by atoms with Gasteiger partial charge in [-0.2, -0.15) is 4.39 Å². The lowest BCUT2D eigenvalue weighted by Crippen LogP contribution is -2.08. The number of halogens is 1. The van der Waals surface area contributed by atoms with Gasteiger partial charge in [0, 0.05) is 5.56 Å². The van der Waals surface area contributed by atoms with Crippen LogP contribution in [0.1, 0.15) is 19.4 Å². The molecule has 1 N–H and O–H groups in total. The first-order chi connectivity index (χ1) is 8.45. The number of carboxylic acids is 1. The van der Waals surface area contributed by atoms with Gasteiger partial charge in [0.15, 0.2) is 11.5 Å². The van der Waals surface area contributed by atoms with Gasteiger partial charge in [-0.3, -0.25) is 0 Å². The zero-order valence-electron chi connectivity index (χ0n) is 10.4. The number of para-hydroxylation sites is 1. The number of carbonyl (C=O) groups is 1. The van der Waals surface area contributed by atoms with Gasteiger partial charge in [0.05, 0.1) is 13.2 Å². The maximum Gasteiger partial charge on any atom is 0.364 e. The molecule has 18 heavy (non-hydrogen) atoms. The van der Waals surface area contributed by atoms with Gasteiger partial charge in [-0.25, -0.2) is 4.79 Å². The zero-order chi connectivity index (χ0) is 13.7. The van der Waals surface area contributed by atoms with Crippen LogP contribution in [0.2, 0.25) is 0 Å². The fraction of sp³-hybridized carbons (Fsp3) is 0.308. The van der Waals surface area contributed by atoms with Crippen molar-refractivity contribution >= 4 is 12.0 Å². The average molecular weight is 254 g/mol. The first-order valence-corrected chi connectivity index (χ1v) is 5.39. The Morgan fingerprint density at radius 2 is 2.11 bits per heavy atom. The number of aliphatic carboxylic acids is 1. The van der Waals surface area contributed by atoms with Crippen LogP contribution in [0.3, 0.4) is 0 Å². The van der Waals surface area contributed by atoms with E-state index in [1.54, 1.807) is 18.2 Å². The number of rotatable bonds is 5. The summed E-state index contributed by atoms with van der Waals surface area (Å²) in [7, 11) is 1.46. The summed E-state index contributed by atoms with van der Waals surface area (Å²) < 4.78 is 23.8. The van der Waals surface area contributed by atoms with E-state index >= 15 is 0 Å². The number of hydrogen-bond acceptors (Lipinski definition) is 3. The smallest absolute Gasteiger partial charge is 0.364 e. The molecule has 1 aromatic carbocycles. The van der Waals surface area contributed by atoms with Crippen molar-refractivity contribution in [2.24, 2.45) is 0 Å². The van der Waals surface area contributed by atoms with Crippen molar-refractivity contribution in [1.82, 2.24) is 0 Å². The highest BCUT2D eigenvalue weighted by Crippen LogP contribution is 2.33. The molecule has 5 heteroatoms. The highest BCUT2D eigenvalue weighted by atomic mass is 19.1. The number of benzene rings is 1. The largest absolute Gasteiger partial charge is 0.493 e. The molecule has 0 heterocycles. The van der Waals surface area contributed by atoms with Crippen molar-refractivity contribution in [3.63, 3.8) is 0 Å². The molecule has 4 nitrogen and oxygen atoms in total. The number of ether oxygens (including phenoxy) is 2. The molecule has 0 unspecified atom stereocenters. The molecule has 0 bridgehead atoms. The van der Waals surface area contributed by atoms with Crippen molar-refractivity contribution in [1.29, 1.82) is 0 Å². The van der Waals surface area contributed by atoms with E-state index < -0.39 is 11.8 Å². The summed E-state index contributed by atoms with van der Waals surface area (Å²) in [5.74, 6) is -2.12. The first-order valence-electron chi connectivity index (χ1n) is 5.39. The molecule has 0 aliphatic rings. The lowest BCUT2D eigenvalue weighted by Gasteiger charge is -2.15. The standard InChI is InChI=1S/C13H15FO4/c1-8(2)18-12-9(7-10(14)13(15)16)5-4-6-11(12)17-3/h4-8H,1-3H3,(H,15,16). The summed E-state index contributed by atoms with van der Waals surface area (Å²) in [4.78, 5) is 10.5. The monoisotopic (exact) mass is 254 g/mol. The predicted molar refractivity (Wildman–Crippen MR) is 65.5 cm³/mol. The van der Waals surface area contributed by atoms with Crippen molar-refractivity contribution < 1.29 is 23.8 Å². The van der Waals surface area contributed by atoms with E-state index in [0.717, 1.165) is 6.08 Å². The van der Waals surface area contributed by atoms with Crippen LogP contribution < -0.4 is 9.47 Å². The summed E-state index contributed by atoms with van der Waals surface area (Å²) in [5.41, 5.74) is 0.322. The van der Waals surface area contributed by atoms with Gasteiger partial charge in [0.1, 0.15) is 0 Å². The molecule has 1 aromatic rings. The molecule has 98 valence electrons. The van der Waals surface area contributed by atoms with Gasteiger partial charge >= 0.3 is 5.97 Å². The summed E-state index contributed by atoms with van der Waals surface area (Å²) in [6.07, 6.45) is 0.768. The Balaban J connectivity index is 3.25. The van der Waals surface area contributed by atoms with E-state index in [1.165, 1.54) is 7.11 Å². The van der Waals surface area contributed by atoms with Crippen LogP contribution >= 0.6 is 0 Å². The topological polar surface area (TPSA) is 55.8 Å². The quantitative estimate of drug-likeness (QED) is 0.821. The van der Waals surface area contributed by atoms with Gasteiger partial charge in [-0.05, 0) is 26.0 Å². The maximum absolute atomic E-state index is 13.1. The van der Waals surface area contributed by atoms with E-state index in [4.69, 9.17) is 14.6 Å². The Morgan fingerprint density at radius 3 is 2.61 bits per heavy atom. The number of carboxylic acid groups (broad SMARTS) is 1. The fourth-order valence-corrected chi connectivity index (χ4v) is 1.37. The second kappa shape index (κ2) is 6.05. The second-order valence-corrected chi connectivity index (χ2v) is 3.84. The minimum Gasteiger partial charge on any atom is -0.493 e. The van der Waals surface area contributed by atoms with E-state index in [2.05, 4.69) is 0 Å². The highest BCUT2D eigenvalue weighted by Gasteiger charge is 2.13. The fourth-order valence-electron chi connectivity index (χ4n) is 1.37. The minimum absolute atomic E-state index is 0.138. The molecule has 0 aliphatic heterocycles. The minimum atomic E-state index is -1.62. The predicted octanol–water partition coefficient (Wildman–Crippen LogP) is 2.88. The number of hydrogen-bond donors (Lipinski definition) is 1. The molecule has 0 aromatic heterocycles. The van der Waals surface area contributed by atoms with Crippen LogP contribution in [0.25, 0.3) is 6.08 Å². The summed E-state index contributed by atoms with van der Waals surface area (Å²) in [6, 6.07) is 4.85. The third kappa shape index (κ3) is 3.48. The molecular formula is C13H15FO4. The Labute approximate surface area is 105 Å². The first kappa shape index (κ1) is 14.0. The summed E-state index contributed by atoms with van der Waals surface area (Å²) in [5, 5.41) is 8.53. The Bertz CT molecular complexity index is 466. The summed E-state index contributed by atoms with van der Waals surface area (Å²) >= 11 is 0. The Kier molecular flexibility index (Phi) is 4.71. The van der Waals surface area contributed by atoms with Gasteiger partial charge < -0.3 is 14.6 Å². The number of methoxy groups -OCH3 is 1. The van der Waals surface area contributed by atoms with Crippen molar-refractivity contribution in [3.8, 4) is 11.5 Å². The third-order valence-electron chi connectivity index (χ3n) is 2.07. The van der Waals surface area contributed by atoms with Gasteiger partial charge in [0.2, 0.25) is 5.83 Å². The van der Waals surface area contributed by atoms with Crippen molar-refractivity contribution in [2.75, 3.05) is 7.11 Å². The summed E-state index contributed by atoms with van der Waals surface area (Å²) in [6.45, 7) is 3.63. The maximum atomic E-state index is 13.1. The molecule has 0 radical (unpaired) electrons. The van der Waals surface area contributed by atoms with Gasteiger partial charge in [-0.15, -0.1) is 0 Å². The molecule has 0 saturated heterocycles.